The summed E-state index contributed by atoms with van der Waals surface area (Å²) in [5, 5.41) is 5.58. The molecule has 12 heteroatoms. The Hall–Kier alpha value is -4.42. The van der Waals surface area contributed by atoms with Gasteiger partial charge in [0.1, 0.15) is 12.1 Å². The number of ether oxygens (including phenoxy) is 1. The highest BCUT2D eigenvalue weighted by atomic mass is 32.2. The first-order valence-corrected chi connectivity index (χ1v) is 16.3. The molecule has 0 aliphatic rings. The fourth-order valence-corrected chi connectivity index (χ4v) is 6.91. The van der Waals surface area contributed by atoms with Crippen molar-refractivity contribution in [2.24, 2.45) is 11.7 Å². The second-order valence-corrected chi connectivity index (χ2v) is 13.0. The maximum Gasteiger partial charge on any atom is 0.407 e. The summed E-state index contributed by atoms with van der Waals surface area (Å²) in [7, 11) is -2.81. The zero-order valence-corrected chi connectivity index (χ0v) is 26.7. The van der Waals surface area contributed by atoms with Gasteiger partial charge in [0, 0.05) is 24.7 Å². The first-order chi connectivity index (χ1) is 21.4. The summed E-state index contributed by atoms with van der Waals surface area (Å²) in [5.74, 6) is -1.75. The predicted octanol–water partition coefficient (Wildman–Crippen LogP) is 3.61. The van der Waals surface area contributed by atoms with Crippen LogP contribution in [0.2, 0.25) is 0 Å². The molecule has 3 rings (SSSR count). The average molecular weight is 638 g/mol. The molecule has 0 aliphatic heterocycles. The van der Waals surface area contributed by atoms with Crippen LogP contribution in [0, 0.1) is 5.92 Å². The molecule has 3 aromatic rings. The number of nitrogen functional groups attached to an aromatic ring is 1. The molecule has 3 aromatic carbocycles. The van der Waals surface area contributed by atoms with Crippen molar-refractivity contribution in [1.29, 1.82) is 0 Å². The largest absolute Gasteiger partial charge is 0.453 e. The van der Waals surface area contributed by atoms with Gasteiger partial charge in [0.05, 0.1) is 12.0 Å². The highest BCUT2D eigenvalue weighted by Gasteiger charge is 2.35. The molecule has 6 N–H and O–H groups in total. The van der Waals surface area contributed by atoms with E-state index in [-0.39, 0.29) is 30.3 Å². The Morgan fingerprint density at radius 3 is 1.91 bits per heavy atom. The second-order valence-electron chi connectivity index (χ2n) is 11.2. The lowest BCUT2D eigenvalue weighted by molar-refractivity contribution is -0.123. The maximum atomic E-state index is 13.6. The molecule has 0 fully saturated rings. The monoisotopic (exact) mass is 637 g/mol. The number of carbonyl (C=O) groups is 3. The first kappa shape index (κ1) is 35.1. The molecule has 0 bridgehead atoms. The average Bonchev–Trinajstić information content (AvgIpc) is 3.02. The fraction of sp³-hybridized carbons (Fsp3) is 0.364. The van der Waals surface area contributed by atoms with E-state index in [0.29, 0.717) is 18.5 Å². The number of benzene rings is 3. The summed E-state index contributed by atoms with van der Waals surface area (Å²) in [4.78, 5) is 38.5. The number of primary amides is 1. The smallest absolute Gasteiger partial charge is 0.407 e. The van der Waals surface area contributed by atoms with Crippen molar-refractivity contribution < 1.29 is 27.5 Å². The SMILES string of the molecule is COC(=O)N[C@H](C(=O)NCCCCC(C(N)=O)N(CC(C)C)S(=O)(=O)c1ccc(N)cc1)C(c1ccccc1)c1ccccc1. The van der Waals surface area contributed by atoms with Crippen molar-refractivity contribution in [3.63, 3.8) is 0 Å². The standard InChI is InChI=1S/C33H43N5O6S/c1-23(2)22-38(45(42,43)27-19-17-26(34)18-20-27)28(31(35)39)16-10-11-21-36-32(40)30(37-33(41)44-3)29(24-12-6-4-7-13-24)25-14-8-5-9-15-25/h4-9,12-15,17-20,23,28-30H,10-11,16,21-22,34H2,1-3H3,(H2,35,39)(H,36,40)(H,37,41)/t28?,30-/m0/s1. The molecule has 2 atom stereocenters. The van der Waals surface area contributed by atoms with Crippen molar-refractivity contribution >= 4 is 33.6 Å². The number of hydrogen-bond acceptors (Lipinski definition) is 7. The molecule has 0 aliphatic carbocycles. The maximum absolute atomic E-state index is 13.6. The quantitative estimate of drug-likeness (QED) is 0.137. The number of alkyl carbamates (subject to hydrolysis) is 1. The van der Waals surface area contributed by atoms with Crippen LogP contribution in [-0.4, -0.2) is 62.9 Å². The van der Waals surface area contributed by atoms with E-state index in [0.717, 1.165) is 15.4 Å². The summed E-state index contributed by atoms with van der Waals surface area (Å²) in [6, 6.07) is 22.5. The van der Waals surface area contributed by atoms with E-state index in [1.165, 1.54) is 31.4 Å². The van der Waals surface area contributed by atoms with Crippen LogP contribution < -0.4 is 22.1 Å². The normalized spacial score (nSPS) is 12.9. The van der Waals surface area contributed by atoms with Crippen molar-refractivity contribution in [2.45, 2.75) is 56.0 Å². The van der Waals surface area contributed by atoms with Crippen molar-refractivity contribution in [3.05, 3.63) is 96.1 Å². The molecule has 0 spiro atoms. The number of amides is 3. The van der Waals surface area contributed by atoms with E-state index in [1.54, 1.807) is 0 Å². The van der Waals surface area contributed by atoms with E-state index < -0.39 is 45.9 Å². The van der Waals surface area contributed by atoms with E-state index in [9.17, 15) is 22.8 Å². The van der Waals surface area contributed by atoms with E-state index in [4.69, 9.17) is 16.2 Å². The number of rotatable bonds is 16. The third-order valence-electron chi connectivity index (χ3n) is 7.30. The number of unbranched alkanes of at least 4 members (excludes halogenated alkanes) is 1. The number of nitrogens with two attached hydrogens (primary N) is 2. The second kappa shape index (κ2) is 16.6. The van der Waals surface area contributed by atoms with Gasteiger partial charge in [-0.25, -0.2) is 13.2 Å². The molecule has 45 heavy (non-hydrogen) atoms. The summed E-state index contributed by atoms with van der Waals surface area (Å²) >= 11 is 0. The van der Waals surface area contributed by atoms with Crippen LogP contribution in [0.4, 0.5) is 10.5 Å². The van der Waals surface area contributed by atoms with Crippen molar-refractivity contribution in [3.8, 4) is 0 Å². The fourth-order valence-electron chi connectivity index (χ4n) is 5.12. The molecule has 0 saturated carbocycles. The number of hydrogen-bond donors (Lipinski definition) is 4. The highest BCUT2D eigenvalue weighted by molar-refractivity contribution is 7.89. The lowest BCUT2D eigenvalue weighted by Gasteiger charge is -2.30. The van der Waals surface area contributed by atoms with Crippen molar-refractivity contribution in [1.82, 2.24) is 14.9 Å². The Kier molecular flexibility index (Phi) is 12.9. The molecular formula is C33H43N5O6S. The molecule has 1 unspecified atom stereocenters. The highest BCUT2D eigenvalue weighted by Crippen LogP contribution is 2.29. The minimum atomic E-state index is -4.05. The Balaban J connectivity index is 1.73. The van der Waals surface area contributed by atoms with Crippen LogP contribution in [0.25, 0.3) is 0 Å². The Morgan fingerprint density at radius 1 is 0.867 bits per heavy atom. The molecule has 0 heterocycles. The number of sulfonamides is 1. The van der Waals surface area contributed by atoms with Gasteiger partial charge in [-0.15, -0.1) is 0 Å². The molecule has 0 saturated heterocycles. The summed E-state index contributed by atoms with van der Waals surface area (Å²) in [6.07, 6.45) is 0.241. The van der Waals surface area contributed by atoms with Gasteiger partial charge in [0.2, 0.25) is 21.8 Å². The number of methoxy groups -OCH3 is 1. The predicted molar refractivity (Wildman–Crippen MR) is 173 cm³/mol. The molecule has 11 nitrogen and oxygen atoms in total. The Morgan fingerprint density at radius 2 is 1.42 bits per heavy atom. The number of carbonyl (C=O) groups excluding carboxylic acids is 3. The van der Waals surface area contributed by atoms with Gasteiger partial charge < -0.3 is 26.8 Å². The first-order valence-electron chi connectivity index (χ1n) is 14.8. The lowest BCUT2D eigenvalue weighted by Crippen LogP contribution is -2.50. The van der Waals surface area contributed by atoms with Gasteiger partial charge in [-0.1, -0.05) is 74.5 Å². The van der Waals surface area contributed by atoms with Crippen LogP contribution in [0.5, 0.6) is 0 Å². The number of anilines is 1. The lowest BCUT2D eigenvalue weighted by atomic mass is 9.84. The molecule has 242 valence electrons. The topological polar surface area (TPSA) is 174 Å². The van der Waals surface area contributed by atoms with Crippen LogP contribution in [0.15, 0.2) is 89.8 Å². The van der Waals surface area contributed by atoms with Crippen LogP contribution >= 0.6 is 0 Å². The van der Waals surface area contributed by atoms with Gasteiger partial charge in [-0.2, -0.15) is 4.31 Å². The summed E-state index contributed by atoms with van der Waals surface area (Å²) in [5.41, 5.74) is 13.5. The summed E-state index contributed by atoms with van der Waals surface area (Å²) in [6.45, 7) is 4.03. The third kappa shape index (κ3) is 9.79. The van der Waals surface area contributed by atoms with Gasteiger partial charge in [-0.3, -0.25) is 9.59 Å². The van der Waals surface area contributed by atoms with E-state index in [2.05, 4.69) is 10.6 Å². The zero-order chi connectivity index (χ0) is 33.0. The molecular weight excluding hydrogens is 594 g/mol. The van der Waals surface area contributed by atoms with Crippen molar-refractivity contribution in [2.75, 3.05) is 25.9 Å². The van der Waals surface area contributed by atoms with Crippen LogP contribution in [-0.2, 0) is 24.3 Å². The third-order valence-corrected chi connectivity index (χ3v) is 9.19. The summed E-state index contributed by atoms with van der Waals surface area (Å²) < 4.78 is 33.1. The zero-order valence-electron chi connectivity index (χ0n) is 25.9. The van der Waals surface area contributed by atoms with Gasteiger partial charge in [0.15, 0.2) is 0 Å². The number of nitrogens with one attached hydrogen (secondary N) is 2. The van der Waals surface area contributed by atoms with Gasteiger partial charge >= 0.3 is 6.09 Å². The molecule has 0 aromatic heterocycles. The number of nitrogens with zero attached hydrogens (tertiary/aromatic N) is 1. The van der Waals surface area contributed by atoms with Crippen LogP contribution in [0.3, 0.4) is 0 Å². The minimum Gasteiger partial charge on any atom is -0.453 e. The Bertz CT molecular complexity index is 1460. The molecule has 3 amide bonds. The Labute approximate surface area is 265 Å². The minimum absolute atomic E-state index is 0.0198. The van der Waals surface area contributed by atoms with E-state index in [1.807, 2.05) is 74.5 Å². The van der Waals surface area contributed by atoms with Gasteiger partial charge in [0.25, 0.3) is 0 Å². The molecule has 0 radical (unpaired) electrons. The van der Waals surface area contributed by atoms with Crippen LogP contribution in [0.1, 0.15) is 50.2 Å². The van der Waals surface area contributed by atoms with Gasteiger partial charge in [-0.05, 0) is 60.6 Å². The van der Waals surface area contributed by atoms with E-state index >= 15 is 0 Å².